The van der Waals surface area contributed by atoms with E-state index in [0.29, 0.717) is 12.5 Å². The third kappa shape index (κ3) is 3.84. The summed E-state index contributed by atoms with van der Waals surface area (Å²) < 4.78 is 5.86. The van der Waals surface area contributed by atoms with E-state index in [2.05, 4.69) is 49.5 Å². The number of benzene rings is 2. The Bertz CT molecular complexity index is 533. The second-order valence-electron chi connectivity index (χ2n) is 5.25. The number of hydrogen-bond donors (Lipinski definition) is 1. The highest BCUT2D eigenvalue weighted by atomic mass is 16.5. The number of nitrogens with one attached hydrogen (secondary N) is 1. The van der Waals surface area contributed by atoms with Crippen molar-refractivity contribution in [1.82, 2.24) is 5.32 Å². The van der Waals surface area contributed by atoms with Crippen molar-refractivity contribution in [1.29, 1.82) is 0 Å². The zero-order valence-electron chi connectivity index (χ0n) is 12.5. The first kappa shape index (κ1) is 14.6. The first-order valence-electron chi connectivity index (χ1n) is 7.12. The van der Waals surface area contributed by atoms with E-state index in [1.807, 2.05) is 25.2 Å². The van der Waals surface area contributed by atoms with Gasteiger partial charge in [-0.3, -0.25) is 0 Å². The fourth-order valence-corrected chi connectivity index (χ4v) is 2.25. The number of ether oxygens (including phenoxy) is 1. The van der Waals surface area contributed by atoms with Crippen LogP contribution in [0.5, 0.6) is 5.75 Å². The second kappa shape index (κ2) is 7.11. The maximum absolute atomic E-state index is 5.86. The van der Waals surface area contributed by atoms with Gasteiger partial charge in [-0.1, -0.05) is 49.4 Å². The van der Waals surface area contributed by atoms with Crippen molar-refractivity contribution in [2.75, 3.05) is 13.6 Å². The van der Waals surface area contributed by atoms with E-state index in [1.54, 1.807) is 0 Å². The van der Waals surface area contributed by atoms with Gasteiger partial charge in [-0.15, -0.1) is 0 Å². The number of para-hydroxylation sites is 1. The van der Waals surface area contributed by atoms with Gasteiger partial charge in [-0.25, -0.2) is 0 Å². The van der Waals surface area contributed by atoms with Gasteiger partial charge in [0, 0.05) is 6.54 Å². The number of hydrogen-bond acceptors (Lipinski definition) is 2. The lowest BCUT2D eigenvalue weighted by Crippen LogP contribution is -2.14. The van der Waals surface area contributed by atoms with Gasteiger partial charge in [0.05, 0.1) is 0 Å². The molecular formula is C18H23NO. The lowest BCUT2D eigenvalue weighted by Gasteiger charge is -2.12. The summed E-state index contributed by atoms with van der Waals surface area (Å²) in [5.74, 6) is 1.49. The highest BCUT2D eigenvalue weighted by molar-refractivity contribution is 5.32. The van der Waals surface area contributed by atoms with E-state index >= 15 is 0 Å². The van der Waals surface area contributed by atoms with E-state index < -0.39 is 0 Å². The molecule has 2 aromatic rings. The number of likely N-dealkylation sites (N-methyl/N-ethyl adjacent to an activating group) is 1. The molecule has 20 heavy (non-hydrogen) atoms. The monoisotopic (exact) mass is 269 g/mol. The van der Waals surface area contributed by atoms with Crippen LogP contribution in [0.3, 0.4) is 0 Å². The number of aryl methyl sites for hydroxylation is 1. The van der Waals surface area contributed by atoms with Crippen LogP contribution in [0.4, 0.5) is 0 Å². The predicted octanol–water partition coefficient (Wildman–Crippen LogP) is 3.90. The molecule has 0 fully saturated rings. The molecular weight excluding hydrogens is 246 g/mol. The first-order chi connectivity index (χ1) is 9.70. The summed E-state index contributed by atoms with van der Waals surface area (Å²) in [5, 5.41) is 3.21. The van der Waals surface area contributed by atoms with Gasteiger partial charge in [0.2, 0.25) is 0 Å². The minimum Gasteiger partial charge on any atom is -0.489 e. The molecule has 0 bridgehead atoms. The molecule has 0 aromatic heterocycles. The molecule has 0 saturated carbocycles. The van der Waals surface area contributed by atoms with E-state index in [4.69, 9.17) is 4.74 Å². The topological polar surface area (TPSA) is 21.3 Å². The van der Waals surface area contributed by atoms with Crippen LogP contribution in [-0.4, -0.2) is 13.6 Å². The van der Waals surface area contributed by atoms with E-state index in [1.165, 1.54) is 16.7 Å². The van der Waals surface area contributed by atoms with Gasteiger partial charge in [-0.2, -0.15) is 0 Å². The third-order valence-corrected chi connectivity index (χ3v) is 3.55. The molecule has 1 atom stereocenters. The molecule has 0 saturated heterocycles. The molecule has 2 nitrogen and oxygen atoms in total. The molecule has 2 heteroatoms. The van der Waals surface area contributed by atoms with Crippen molar-refractivity contribution < 1.29 is 4.74 Å². The van der Waals surface area contributed by atoms with Crippen molar-refractivity contribution in [2.24, 2.45) is 0 Å². The van der Waals surface area contributed by atoms with Crippen LogP contribution in [0.2, 0.25) is 0 Å². The van der Waals surface area contributed by atoms with Crippen LogP contribution in [0, 0.1) is 6.92 Å². The Labute approximate surface area is 121 Å². The maximum Gasteiger partial charge on any atom is 0.122 e. The summed E-state index contributed by atoms with van der Waals surface area (Å²) >= 11 is 0. The SMILES string of the molecule is CNCC(C)c1ccc(COc2ccccc2C)cc1. The van der Waals surface area contributed by atoms with Crippen molar-refractivity contribution in [3.63, 3.8) is 0 Å². The highest BCUT2D eigenvalue weighted by Crippen LogP contribution is 2.19. The zero-order valence-corrected chi connectivity index (χ0v) is 12.5. The average Bonchev–Trinajstić information content (AvgIpc) is 2.47. The summed E-state index contributed by atoms with van der Waals surface area (Å²) in [6.45, 7) is 5.91. The highest BCUT2D eigenvalue weighted by Gasteiger charge is 2.04. The predicted molar refractivity (Wildman–Crippen MR) is 84.3 cm³/mol. The van der Waals surface area contributed by atoms with Gasteiger partial charge in [0.15, 0.2) is 0 Å². The van der Waals surface area contributed by atoms with Crippen molar-refractivity contribution in [3.8, 4) is 5.75 Å². The molecule has 0 amide bonds. The van der Waals surface area contributed by atoms with E-state index in [-0.39, 0.29) is 0 Å². The fourth-order valence-electron chi connectivity index (χ4n) is 2.25. The Hall–Kier alpha value is -1.80. The molecule has 0 aliphatic carbocycles. The smallest absolute Gasteiger partial charge is 0.122 e. The van der Waals surface area contributed by atoms with Crippen LogP contribution < -0.4 is 10.1 Å². The van der Waals surface area contributed by atoms with Crippen LogP contribution >= 0.6 is 0 Å². The van der Waals surface area contributed by atoms with Crippen LogP contribution in [0.25, 0.3) is 0 Å². The van der Waals surface area contributed by atoms with Crippen LogP contribution in [0.1, 0.15) is 29.5 Å². The quantitative estimate of drug-likeness (QED) is 0.859. The summed E-state index contributed by atoms with van der Waals surface area (Å²) in [6, 6.07) is 16.8. The largest absolute Gasteiger partial charge is 0.489 e. The molecule has 2 aromatic carbocycles. The van der Waals surface area contributed by atoms with Crippen LogP contribution in [0.15, 0.2) is 48.5 Å². The molecule has 1 N–H and O–H groups in total. The van der Waals surface area contributed by atoms with Crippen molar-refractivity contribution in [3.05, 3.63) is 65.2 Å². The maximum atomic E-state index is 5.86. The average molecular weight is 269 g/mol. The molecule has 0 radical (unpaired) electrons. The third-order valence-electron chi connectivity index (χ3n) is 3.55. The van der Waals surface area contributed by atoms with Gasteiger partial charge in [-0.05, 0) is 42.6 Å². The Morgan fingerprint density at radius 3 is 2.40 bits per heavy atom. The molecule has 106 valence electrons. The summed E-state index contributed by atoms with van der Waals surface area (Å²) in [4.78, 5) is 0. The molecule has 0 aliphatic rings. The van der Waals surface area contributed by atoms with Gasteiger partial charge in [0.1, 0.15) is 12.4 Å². The van der Waals surface area contributed by atoms with Crippen LogP contribution in [-0.2, 0) is 6.61 Å². The molecule has 0 heterocycles. The molecule has 2 rings (SSSR count). The van der Waals surface area contributed by atoms with Gasteiger partial charge >= 0.3 is 0 Å². The standard InChI is InChI=1S/C18H23NO/c1-14-6-4-5-7-18(14)20-13-16-8-10-17(11-9-16)15(2)12-19-3/h4-11,15,19H,12-13H2,1-3H3. The minimum absolute atomic E-state index is 0.534. The Balaban J connectivity index is 1.96. The normalized spacial score (nSPS) is 12.2. The van der Waals surface area contributed by atoms with E-state index in [0.717, 1.165) is 12.3 Å². The Kier molecular flexibility index (Phi) is 5.19. The molecule has 0 aliphatic heterocycles. The van der Waals surface area contributed by atoms with Gasteiger partial charge < -0.3 is 10.1 Å². The summed E-state index contributed by atoms with van der Waals surface area (Å²) in [5.41, 5.74) is 3.74. The van der Waals surface area contributed by atoms with E-state index in [9.17, 15) is 0 Å². The summed E-state index contributed by atoms with van der Waals surface area (Å²) in [6.07, 6.45) is 0. The minimum atomic E-state index is 0.534. The lowest BCUT2D eigenvalue weighted by molar-refractivity contribution is 0.304. The Morgan fingerprint density at radius 1 is 1.05 bits per heavy atom. The number of rotatable bonds is 6. The first-order valence-corrected chi connectivity index (χ1v) is 7.12. The second-order valence-corrected chi connectivity index (χ2v) is 5.25. The van der Waals surface area contributed by atoms with Crippen molar-refractivity contribution in [2.45, 2.75) is 26.4 Å². The lowest BCUT2D eigenvalue weighted by atomic mass is 10.00. The molecule has 0 spiro atoms. The van der Waals surface area contributed by atoms with Crippen molar-refractivity contribution >= 4 is 0 Å². The molecule has 1 unspecified atom stereocenters. The van der Waals surface area contributed by atoms with Gasteiger partial charge in [0.25, 0.3) is 0 Å². The fraction of sp³-hybridized carbons (Fsp3) is 0.333. The zero-order chi connectivity index (χ0) is 14.4. The summed E-state index contributed by atoms with van der Waals surface area (Å²) in [7, 11) is 1.99. The Morgan fingerprint density at radius 2 is 1.75 bits per heavy atom.